The molecule has 43 heavy (non-hydrogen) atoms. The predicted molar refractivity (Wildman–Crippen MR) is 168 cm³/mol. The lowest BCUT2D eigenvalue weighted by Crippen LogP contribution is -2.30. The summed E-state index contributed by atoms with van der Waals surface area (Å²) in [6, 6.07) is 19.6. The maximum Gasteiger partial charge on any atom is 0.339 e. The number of carbonyl (C=O) groups is 4. The van der Waals surface area contributed by atoms with Crippen LogP contribution in [-0.4, -0.2) is 35.2 Å². The Kier molecular flexibility index (Phi) is 7.73. The Hall–Kier alpha value is -4.17. The van der Waals surface area contributed by atoms with Gasteiger partial charge in [-0.05, 0) is 74.9 Å². The van der Waals surface area contributed by atoms with Crippen LogP contribution in [-0.2, 0) is 14.3 Å². The number of nitrogens with zero attached hydrogens (tertiary/aromatic N) is 2. The topological polar surface area (TPSA) is 93.6 Å². The van der Waals surface area contributed by atoms with Gasteiger partial charge < -0.3 is 4.74 Å². The van der Waals surface area contributed by atoms with Crippen LogP contribution in [0.3, 0.4) is 0 Å². The Morgan fingerprint density at radius 3 is 2.35 bits per heavy atom. The van der Waals surface area contributed by atoms with Gasteiger partial charge >= 0.3 is 5.97 Å². The molecule has 2 fully saturated rings. The molecule has 3 unspecified atom stereocenters. The minimum absolute atomic E-state index is 0.120. The van der Waals surface area contributed by atoms with Gasteiger partial charge in [-0.2, -0.15) is 0 Å². The molecule has 4 aromatic rings. The van der Waals surface area contributed by atoms with E-state index in [9.17, 15) is 19.2 Å². The summed E-state index contributed by atoms with van der Waals surface area (Å²) in [6.45, 7) is 5.59. The van der Waals surface area contributed by atoms with Crippen molar-refractivity contribution in [2.24, 2.45) is 17.8 Å². The number of Topliss-reactive ketones (excluding diaryl/α,β-unsaturated/α-hetero) is 1. The maximum absolute atomic E-state index is 13.4. The molecule has 1 saturated carbocycles. The Morgan fingerprint density at radius 1 is 0.930 bits per heavy atom. The second kappa shape index (κ2) is 11.5. The van der Waals surface area contributed by atoms with Gasteiger partial charge in [-0.3, -0.25) is 19.3 Å². The van der Waals surface area contributed by atoms with Crippen LogP contribution >= 0.6 is 15.9 Å². The van der Waals surface area contributed by atoms with Crippen LogP contribution in [0.1, 0.15) is 58.0 Å². The van der Waals surface area contributed by atoms with Crippen LogP contribution in [0.15, 0.2) is 71.2 Å². The van der Waals surface area contributed by atoms with Crippen LogP contribution in [0.2, 0.25) is 0 Å². The standard InChI is InChI=1S/C35H31BrN2O5/c1-19-4-7-23(8-5-19)31(39)18-43-35(42)29-17-30(37-32-21(3)15-24(36)16-27(29)32)22-9-11-25(12-10-22)38-33(40)26-13-6-20(2)14-28(26)34(38)41/h4-5,7-12,15-17,20,26,28H,6,13-14,18H2,1-3H3. The number of aryl methyl sites for hydroxylation is 2. The van der Waals surface area contributed by atoms with Gasteiger partial charge in [0.2, 0.25) is 11.8 Å². The first kappa shape index (κ1) is 28.9. The second-order valence-electron chi connectivity index (χ2n) is 11.7. The average molecular weight is 640 g/mol. The number of benzene rings is 3. The summed E-state index contributed by atoms with van der Waals surface area (Å²) >= 11 is 3.51. The van der Waals surface area contributed by atoms with Gasteiger partial charge in [0.25, 0.3) is 0 Å². The minimum atomic E-state index is -0.631. The van der Waals surface area contributed by atoms with E-state index in [-0.39, 0.29) is 41.6 Å². The van der Waals surface area contributed by atoms with Gasteiger partial charge in [-0.15, -0.1) is 0 Å². The smallest absolute Gasteiger partial charge is 0.339 e. The van der Waals surface area contributed by atoms with Crippen molar-refractivity contribution in [1.82, 2.24) is 4.98 Å². The Morgan fingerprint density at radius 2 is 1.63 bits per heavy atom. The van der Waals surface area contributed by atoms with Crippen molar-refractivity contribution in [1.29, 1.82) is 0 Å². The highest BCUT2D eigenvalue weighted by Gasteiger charge is 2.49. The summed E-state index contributed by atoms with van der Waals surface area (Å²) < 4.78 is 6.29. The normalized spacial score (nSPS) is 19.9. The Labute approximate surface area is 258 Å². The molecule has 1 aliphatic heterocycles. The van der Waals surface area contributed by atoms with Crippen molar-refractivity contribution in [2.75, 3.05) is 11.5 Å². The maximum atomic E-state index is 13.4. The van der Waals surface area contributed by atoms with Gasteiger partial charge in [0.05, 0.1) is 34.3 Å². The molecule has 3 atom stereocenters. The predicted octanol–water partition coefficient (Wildman–Crippen LogP) is 7.25. The molecule has 2 aliphatic rings. The third kappa shape index (κ3) is 5.52. The fourth-order valence-electron chi connectivity index (χ4n) is 6.23. The number of ketones is 1. The summed E-state index contributed by atoms with van der Waals surface area (Å²) in [7, 11) is 0. The van der Waals surface area contributed by atoms with Crippen LogP contribution < -0.4 is 4.90 Å². The van der Waals surface area contributed by atoms with E-state index < -0.39 is 5.97 Å². The van der Waals surface area contributed by atoms with Crippen LogP contribution in [0.4, 0.5) is 5.69 Å². The van der Waals surface area contributed by atoms with Gasteiger partial charge in [0, 0.05) is 21.0 Å². The highest BCUT2D eigenvalue weighted by atomic mass is 79.9. The number of imide groups is 1. The van der Waals surface area contributed by atoms with Crippen molar-refractivity contribution in [2.45, 2.75) is 40.0 Å². The van der Waals surface area contributed by atoms with E-state index in [0.29, 0.717) is 39.3 Å². The van der Waals surface area contributed by atoms with Gasteiger partial charge in [-0.1, -0.05) is 64.8 Å². The molecule has 2 heterocycles. The van der Waals surface area contributed by atoms with Gasteiger partial charge in [0.15, 0.2) is 12.4 Å². The molecule has 8 heteroatoms. The molecule has 1 aromatic heterocycles. The number of fused-ring (bicyclic) bond motifs is 2. The van der Waals surface area contributed by atoms with Crippen molar-refractivity contribution < 1.29 is 23.9 Å². The number of halogens is 1. The zero-order valence-corrected chi connectivity index (χ0v) is 25.8. The third-order valence-electron chi connectivity index (χ3n) is 8.61. The lowest BCUT2D eigenvalue weighted by atomic mass is 9.76. The zero-order chi connectivity index (χ0) is 30.4. The zero-order valence-electron chi connectivity index (χ0n) is 24.2. The second-order valence-corrected chi connectivity index (χ2v) is 12.6. The largest absolute Gasteiger partial charge is 0.454 e. The average Bonchev–Trinajstić information content (AvgIpc) is 3.24. The van der Waals surface area contributed by atoms with E-state index in [4.69, 9.17) is 9.72 Å². The molecule has 2 amide bonds. The van der Waals surface area contributed by atoms with E-state index in [1.165, 1.54) is 4.90 Å². The van der Waals surface area contributed by atoms with Crippen LogP contribution in [0, 0.1) is 31.6 Å². The lowest BCUT2D eigenvalue weighted by molar-refractivity contribution is -0.122. The fraction of sp³-hybridized carbons (Fsp3) is 0.286. The van der Waals surface area contributed by atoms with E-state index in [1.807, 2.05) is 38.1 Å². The summed E-state index contributed by atoms with van der Waals surface area (Å²) in [6.07, 6.45) is 2.45. The van der Waals surface area contributed by atoms with Crippen molar-refractivity contribution in [3.05, 3.63) is 93.5 Å². The molecule has 0 N–H and O–H groups in total. The minimum Gasteiger partial charge on any atom is -0.454 e. The summed E-state index contributed by atoms with van der Waals surface area (Å²) in [5.74, 6) is -1.21. The molecule has 7 nitrogen and oxygen atoms in total. The number of amides is 2. The van der Waals surface area contributed by atoms with E-state index >= 15 is 0 Å². The van der Waals surface area contributed by atoms with E-state index in [2.05, 4.69) is 22.9 Å². The molecule has 0 bridgehead atoms. The first-order chi connectivity index (χ1) is 20.6. The SMILES string of the molecule is Cc1ccc(C(=O)COC(=O)c2cc(-c3ccc(N4C(=O)C5CCC(C)CC5C4=O)cc3)nc3c(C)cc(Br)cc23)cc1. The first-order valence-electron chi connectivity index (χ1n) is 14.5. The number of pyridine rings is 1. The highest BCUT2D eigenvalue weighted by Crippen LogP contribution is 2.42. The number of hydrogen-bond donors (Lipinski definition) is 0. The molecular weight excluding hydrogens is 608 g/mol. The van der Waals surface area contributed by atoms with Crippen LogP contribution in [0.5, 0.6) is 0 Å². The highest BCUT2D eigenvalue weighted by molar-refractivity contribution is 9.10. The lowest BCUT2D eigenvalue weighted by Gasteiger charge is -2.25. The van der Waals surface area contributed by atoms with Crippen molar-refractivity contribution in [3.8, 4) is 11.3 Å². The molecule has 3 aromatic carbocycles. The van der Waals surface area contributed by atoms with Crippen LogP contribution in [0.25, 0.3) is 22.2 Å². The first-order valence-corrected chi connectivity index (χ1v) is 15.3. The molecule has 1 saturated heterocycles. The molecule has 0 radical (unpaired) electrons. The number of rotatable bonds is 6. The molecular formula is C35H31BrN2O5. The van der Waals surface area contributed by atoms with E-state index in [0.717, 1.165) is 34.9 Å². The number of esters is 1. The fourth-order valence-corrected chi connectivity index (χ4v) is 6.80. The van der Waals surface area contributed by atoms with Crippen molar-refractivity contribution in [3.63, 3.8) is 0 Å². The third-order valence-corrected chi connectivity index (χ3v) is 9.06. The van der Waals surface area contributed by atoms with E-state index in [1.54, 1.807) is 42.5 Å². The number of anilines is 1. The van der Waals surface area contributed by atoms with Gasteiger partial charge in [0.1, 0.15) is 0 Å². The number of ether oxygens (including phenoxy) is 1. The Balaban J connectivity index is 1.30. The molecule has 0 spiro atoms. The molecule has 6 rings (SSSR count). The summed E-state index contributed by atoms with van der Waals surface area (Å²) in [5.41, 5.74) is 5.06. The summed E-state index contributed by atoms with van der Waals surface area (Å²) in [4.78, 5) is 58.7. The number of carbonyl (C=O) groups excluding carboxylic acids is 4. The molecule has 1 aliphatic carbocycles. The molecule has 218 valence electrons. The van der Waals surface area contributed by atoms with Crippen molar-refractivity contribution >= 4 is 56.1 Å². The number of aromatic nitrogens is 1. The quantitative estimate of drug-likeness (QED) is 0.125. The number of hydrogen-bond acceptors (Lipinski definition) is 6. The van der Waals surface area contributed by atoms with Gasteiger partial charge in [-0.25, -0.2) is 9.78 Å². The monoisotopic (exact) mass is 638 g/mol. The Bertz CT molecular complexity index is 1780. The summed E-state index contributed by atoms with van der Waals surface area (Å²) in [5, 5.41) is 0.602.